The van der Waals surface area contributed by atoms with Gasteiger partial charge < -0.3 is 4.74 Å². The van der Waals surface area contributed by atoms with Crippen LogP contribution in [0.3, 0.4) is 0 Å². The first kappa shape index (κ1) is 2.81. The van der Waals surface area contributed by atoms with E-state index in [0.717, 1.165) is 0 Å². The molecule has 1 nitrogen and oxygen atoms in total. The largest absolute Gasteiger partial charge is 0.496 e. The van der Waals surface area contributed by atoms with Gasteiger partial charge in [-0.05, 0) is 34.1 Å². The van der Waals surface area contributed by atoms with Crippen molar-refractivity contribution >= 4 is 15.9 Å². The molecule has 1 aromatic carbocycles. The first-order valence-electron chi connectivity index (χ1n) is 5.29. The Kier molecular flexibility index (Phi) is 0.848. The maximum absolute atomic E-state index is 13.1. The van der Waals surface area contributed by atoms with Crippen molar-refractivity contribution < 1.29 is 17.4 Å². The van der Waals surface area contributed by atoms with Gasteiger partial charge in [0.1, 0.15) is 11.6 Å². The molecule has 0 aliphatic rings. The maximum Gasteiger partial charge on any atom is 0.133 e. The third kappa shape index (κ3) is 1.48. The molecule has 0 radical (unpaired) electrons. The summed E-state index contributed by atoms with van der Waals surface area (Å²) in [6.07, 6.45) is 0. The molecule has 0 saturated heterocycles. The summed E-state index contributed by atoms with van der Waals surface area (Å²) in [4.78, 5) is 0. The average molecular weight is 211 g/mol. The first-order valence-corrected chi connectivity index (χ1v) is 3.08. The van der Waals surface area contributed by atoms with Gasteiger partial charge in [0.05, 0.1) is 19.7 Å². The quantitative estimate of drug-likeness (QED) is 0.693. The maximum atomic E-state index is 13.1. The second kappa shape index (κ2) is 3.01. The van der Waals surface area contributed by atoms with E-state index in [1.807, 2.05) is 0 Å². The molecule has 0 aromatic heterocycles. The molecule has 0 atom stereocenters. The molecule has 0 aliphatic heterocycles. The Balaban J connectivity index is 3.40. The Labute approximate surface area is 75.4 Å². The van der Waals surface area contributed by atoms with E-state index in [0.29, 0.717) is 0 Å². The van der Waals surface area contributed by atoms with Crippen molar-refractivity contribution in [3.05, 3.63) is 28.4 Å². The van der Waals surface area contributed by atoms with Crippen LogP contribution in [-0.4, -0.2) is 7.04 Å². The number of hydrogen-bond donors (Lipinski definition) is 0. The Morgan fingerprint density at radius 3 is 3.30 bits per heavy atom. The van der Waals surface area contributed by atoms with Crippen LogP contribution in [0.4, 0.5) is 4.39 Å². The Hall–Kier alpha value is -0.570. The second-order valence-corrected chi connectivity index (χ2v) is 2.23. The molecular formula is C7H6BrFO. The van der Waals surface area contributed by atoms with Gasteiger partial charge in [-0.1, -0.05) is 0 Å². The molecule has 0 spiro atoms. The van der Waals surface area contributed by atoms with Crippen LogP contribution in [0.1, 0.15) is 8.22 Å². The lowest BCUT2D eigenvalue weighted by atomic mass is 10.3. The topological polar surface area (TPSA) is 9.23 Å². The van der Waals surface area contributed by atoms with Crippen LogP contribution in [-0.2, 0) is 0 Å². The van der Waals surface area contributed by atoms with E-state index in [-0.39, 0.29) is 4.47 Å². The van der Waals surface area contributed by atoms with E-state index in [1.54, 1.807) is 0 Å². The predicted molar refractivity (Wildman–Crippen MR) is 40.7 cm³/mol. The highest BCUT2D eigenvalue weighted by molar-refractivity contribution is 9.10. The van der Waals surface area contributed by atoms with Crippen LogP contribution in [0, 0.1) is 5.82 Å². The summed E-state index contributed by atoms with van der Waals surface area (Å²) in [6, 6.07) is -2.29. The molecule has 3 heteroatoms. The zero-order valence-electron chi connectivity index (χ0n) is 10.7. The molecular weight excluding hydrogens is 199 g/mol. The highest BCUT2D eigenvalue weighted by atomic mass is 79.9. The van der Waals surface area contributed by atoms with Crippen LogP contribution < -0.4 is 4.74 Å². The van der Waals surface area contributed by atoms with Crippen molar-refractivity contribution in [1.82, 2.24) is 0 Å². The van der Waals surface area contributed by atoms with Crippen molar-refractivity contribution in [3.8, 4) is 5.75 Å². The SMILES string of the molecule is [2H]c1c([2H])c(OC([2H])([2H])[2H])c(Br)c([2H])c1F. The van der Waals surface area contributed by atoms with Crippen LogP contribution in [0.5, 0.6) is 5.75 Å². The average Bonchev–Trinajstić information content (AvgIpc) is 2.17. The van der Waals surface area contributed by atoms with E-state index in [9.17, 15) is 4.39 Å². The molecule has 0 amide bonds. The minimum atomic E-state index is -2.82. The normalized spacial score (nSPS) is 19.4. The Morgan fingerprint density at radius 1 is 1.80 bits per heavy atom. The van der Waals surface area contributed by atoms with E-state index in [1.165, 1.54) is 0 Å². The second-order valence-electron chi connectivity index (χ2n) is 1.43. The van der Waals surface area contributed by atoms with Gasteiger partial charge in [-0.15, -0.1) is 0 Å². The standard InChI is InChI=1S/C7H6BrFO/c1-10-7-3-2-5(9)4-6(7)8/h2-4H,1H3/i1D3,2D,3D,4D. The minimum absolute atomic E-state index is 0.290. The summed E-state index contributed by atoms with van der Waals surface area (Å²) in [5.41, 5.74) is 0. The molecule has 0 bridgehead atoms. The number of halogens is 2. The van der Waals surface area contributed by atoms with Crippen LogP contribution >= 0.6 is 15.9 Å². The van der Waals surface area contributed by atoms with E-state index >= 15 is 0 Å². The molecule has 0 fully saturated rings. The zero-order chi connectivity index (χ0) is 12.7. The third-order valence-corrected chi connectivity index (χ3v) is 1.37. The summed E-state index contributed by atoms with van der Waals surface area (Å²) < 4.78 is 59.6. The van der Waals surface area contributed by atoms with Crippen LogP contribution in [0.25, 0.3) is 0 Å². The van der Waals surface area contributed by atoms with E-state index < -0.39 is 36.7 Å². The zero-order valence-corrected chi connectivity index (χ0v) is 6.25. The lowest BCUT2D eigenvalue weighted by Crippen LogP contribution is -1.84. The lowest BCUT2D eigenvalue weighted by Gasteiger charge is -2.00. The predicted octanol–water partition coefficient (Wildman–Crippen LogP) is 2.60. The summed E-state index contributed by atoms with van der Waals surface area (Å²) in [6.45, 7) is 0. The fourth-order valence-electron chi connectivity index (χ4n) is 0.421. The molecule has 0 saturated carbocycles. The number of hydrogen-bond acceptors (Lipinski definition) is 1. The smallest absolute Gasteiger partial charge is 0.133 e. The monoisotopic (exact) mass is 210 g/mol. The van der Waals surface area contributed by atoms with Crippen molar-refractivity contribution in [1.29, 1.82) is 0 Å². The minimum Gasteiger partial charge on any atom is -0.496 e. The highest BCUT2D eigenvalue weighted by Gasteiger charge is 1.98. The van der Waals surface area contributed by atoms with Gasteiger partial charge in [0.25, 0.3) is 0 Å². The van der Waals surface area contributed by atoms with Crippen molar-refractivity contribution in [2.75, 3.05) is 7.04 Å². The fraction of sp³-hybridized carbons (Fsp3) is 0.143. The van der Waals surface area contributed by atoms with Gasteiger partial charge in [-0.25, -0.2) is 4.39 Å². The van der Waals surface area contributed by atoms with E-state index in [4.69, 9.17) is 8.22 Å². The van der Waals surface area contributed by atoms with Crippen LogP contribution in [0.2, 0.25) is 0 Å². The Bertz CT molecular complexity index is 403. The third-order valence-electron chi connectivity index (χ3n) is 0.807. The Morgan fingerprint density at radius 2 is 2.60 bits per heavy atom. The van der Waals surface area contributed by atoms with Gasteiger partial charge in [0.2, 0.25) is 0 Å². The fourth-order valence-corrected chi connectivity index (χ4v) is 0.775. The van der Waals surface area contributed by atoms with Gasteiger partial charge >= 0.3 is 0 Å². The van der Waals surface area contributed by atoms with E-state index in [2.05, 4.69) is 20.7 Å². The molecule has 0 aliphatic carbocycles. The molecule has 0 unspecified atom stereocenters. The number of rotatable bonds is 1. The molecule has 0 heterocycles. The lowest BCUT2D eigenvalue weighted by molar-refractivity contribution is 0.411. The van der Waals surface area contributed by atoms with Crippen molar-refractivity contribution in [2.45, 2.75) is 0 Å². The summed E-state index contributed by atoms with van der Waals surface area (Å²) >= 11 is 2.76. The number of methoxy groups -OCH3 is 1. The molecule has 54 valence electrons. The van der Waals surface area contributed by atoms with Gasteiger partial charge in [-0.3, -0.25) is 0 Å². The summed E-state index contributed by atoms with van der Waals surface area (Å²) in [7, 11) is -2.82. The van der Waals surface area contributed by atoms with Crippen molar-refractivity contribution in [2.24, 2.45) is 0 Å². The number of benzene rings is 1. The first-order chi connectivity index (χ1) is 7.15. The van der Waals surface area contributed by atoms with Gasteiger partial charge in [0, 0.05) is 0 Å². The molecule has 1 rings (SSSR count). The number of ether oxygens (including phenoxy) is 1. The van der Waals surface area contributed by atoms with Gasteiger partial charge in [0.15, 0.2) is 0 Å². The van der Waals surface area contributed by atoms with Crippen LogP contribution in [0.15, 0.2) is 22.6 Å². The molecule has 10 heavy (non-hydrogen) atoms. The molecule has 1 aromatic rings. The van der Waals surface area contributed by atoms with Crippen molar-refractivity contribution in [3.63, 3.8) is 0 Å². The highest BCUT2D eigenvalue weighted by Crippen LogP contribution is 2.24. The summed E-state index contributed by atoms with van der Waals surface area (Å²) in [5.74, 6) is -1.73. The van der Waals surface area contributed by atoms with Gasteiger partial charge in [-0.2, -0.15) is 0 Å². The summed E-state index contributed by atoms with van der Waals surface area (Å²) in [5, 5.41) is 0. The molecule has 0 N–H and O–H groups in total.